The third-order valence-corrected chi connectivity index (χ3v) is 11.1. The van der Waals surface area contributed by atoms with E-state index in [1.807, 2.05) is 11.8 Å². The van der Waals surface area contributed by atoms with Gasteiger partial charge in [0, 0.05) is 21.0 Å². The molecule has 3 heteroatoms. The van der Waals surface area contributed by atoms with Crippen LogP contribution >= 0.6 is 11.8 Å². The zero-order valence-electron chi connectivity index (χ0n) is 25.5. The molecule has 0 atom stereocenters. The molecule has 1 aromatic heterocycles. The lowest BCUT2D eigenvalue weighted by atomic mass is 9.67. The first-order valence-electron chi connectivity index (χ1n) is 16.1. The van der Waals surface area contributed by atoms with Gasteiger partial charge in [0.05, 0.1) is 16.4 Å². The van der Waals surface area contributed by atoms with Crippen LogP contribution in [0.25, 0.3) is 50.4 Å². The van der Waals surface area contributed by atoms with Crippen LogP contribution in [0.5, 0.6) is 0 Å². The molecule has 1 spiro atoms. The molecule has 0 unspecified atom stereocenters. The molecule has 0 N–H and O–H groups in total. The highest BCUT2D eigenvalue weighted by molar-refractivity contribution is 7.99. The van der Waals surface area contributed by atoms with Gasteiger partial charge in [-0.1, -0.05) is 139 Å². The SMILES string of the molecule is c1ccc(-n2c(-c3ccc(-c4ccc5c(c4)C4(c6ccccc6S5)c5ccccc5-c5ccccc54)cc3)nc3ccccc32)cc1. The molecule has 0 radical (unpaired) electrons. The molecule has 220 valence electrons. The van der Waals surface area contributed by atoms with Gasteiger partial charge in [-0.25, -0.2) is 4.98 Å². The van der Waals surface area contributed by atoms with Crippen molar-refractivity contribution in [2.24, 2.45) is 0 Å². The van der Waals surface area contributed by atoms with Gasteiger partial charge in [0.1, 0.15) is 5.82 Å². The van der Waals surface area contributed by atoms with Crippen LogP contribution in [0.15, 0.2) is 180 Å². The summed E-state index contributed by atoms with van der Waals surface area (Å²) in [5.74, 6) is 0.945. The minimum atomic E-state index is -0.374. The number of aromatic nitrogens is 2. The number of nitrogens with zero attached hydrogens (tertiary/aromatic N) is 2. The molecule has 0 fully saturated rings. The van der Waals surface area contributed by atoms with Gasteiger partial charge < -0.3 is 0 Å². The van der Waals surface area contributed by atoms with Crippen molar-refractivity contribution >= 4 is 22.8 Å². The fourth-order valence-corrected chi connectivity index (χ4v) is 9.08. The Bertz CT molecular complexity index is 2450. The zero-order chi connectivity index (χ0) is 31.0. The Morgan fingerprint density at radius 1 is 0.447 bits per heavy atom. The van der Waals surface area contributed by atoms with Gasteiger partial charge in [-0.2, -0.15) is 0 Å². The Morgan fingerprint density at radius 2 is 1.02 bits per heavy atom. The summed E-state index contributed by atoms with van der Waals surface area (Å²) in [6, 6.07) is 61.8. The van der Waals surface area contributed by atoms with Crippen LogP contribution in [0.1, 0.15) is 22.3 Å². The van der Waals surface area contributed by atoms with Crippen LogP contribution in [0.3, 0.4) is 0 Å². The predicted molar refractivity (Wildman–Crippen MR) is 193 cm³/mol. The second kappa shape index (κ2) is 10.2. The first-order valence-corrected chi connectivity index (χ1v) is 16.9. The molecule has 2 heterocycles. The van der Waals surface area contributed by atoms with Crippen molar-refractivity contribution in [1.82, 2.24) is 9.55 Å². The Kier molecular flexibility index (Phi) is 5.76. The summed E-state index contributed by atoms with van der Waals surface area (Å²) >= 11 is 1.89. The predicted octanol–water partition coefficient (Wildman–Crippen LogP) is 11.2. The van der Waals surface area contributed by atoms with Gasteiger partial charge >= 0.3 is 0 Å². The zero-order valence-corrected chi connectivity index (χ0v) is 26.3. The normalized spacial score (nSPS) is 13.6. The summed E-state index contributed by atoms with van der Waals surface area (Å²) in [6.07, 6.45) is 0. The van der Waals surface area contributed by atoms with Gasteiger partial charge in [-0.3, -0.25) is 4.57 Å². The van der Waals surface area contributed by atoms with Crippen molar-refractivity contribution in [3.8, 4) is 39.3 Å². The fourth-order valence-electron chi connectivity index (χ4n) is 7.91. The number of hydrogen-bond donors (Lipinski definition) is 0. The van der Waals surface area contributed by atoms with E-state index in [2.05, 4.69) is 174 Å². The van der Waals surface area contributed by atoms with Crippen molar-refractivity contribution < 1.29 is 0 Å². The van der Waals surface area contributed by atoms with Crippen LogP contribution in [-0.2, 0) is 5.41 Å². The molecular formula is C44H28N2S. The minimum Gasteiger partial charge on any atom is -0.292 e. The van der Waals surface area contributed by atoms with E-state index in [1.165, 1.54) is 54.3 Å². The number of imidazole rings is 1. The largest absolute Gasteiger partial charge is 0.292 e. The number of para-hydroxylation sites is 3. The summed E-state index contributed by atoms with van der Waals surface area (Å²) in [5, 5.41) is 0. The van der Waals surface area contributed by atoms with Crippen LogP contribution in [0.2, 0.25) is 0 Å². The molecule has 2 aliphatic rings. The van der Waals surface area contributed by atoms with E-state index < -0.39 is 0 Å². The third-order valence-electron chi connectivity index (χ3n) is 9.90. The molecule has 1 aliphatic heterocycles. The molecule has 1 aliphatic carbocycles. The van der Waals surface area contributed by atoms with Gasteiger partial charge in [0.2, 0.25) is 0 Å². The third kappa shape index (κ3) is 3.78. The lowest BCUT2D eigenvalue weighted by Crippen LogP contribution is -2.32. The van der Waals surface area contributed by atoms with E-state index in [-0.39, 0.29) is 5.41 Å². The molecular weight excluding hydrogens is 589 g/mol. The Hall–Kier alpha value is -5.64. The Balaban J connectivity index is 1.14. The van der Waals surface area contributed by atoms with Crippen LogP contribution in [0.4, 0.5) is 0 Å². The monoisotopic (exact) mass is 616 g/mol. The molecule has 0 saturated carbocycles. The van der Waals surface area contributed by atoms with Gasteiger partial charge in [0.25, 0.3) is 0 Å². The minimum absolute atomic E-state index is 0.374. The first-order chi connectivity index (χ1) is 23.3. The second-order valence-corrected chi connectivity index (χ2v) is 13.4. The van der Waals surface area contributed by atoms with E-state index in [4.69, 9.17) is 4.98 Å². The van der Waals surface area contributed by atoms with Gasteiger partial charge in [-0.05, 0) is 87.0 Å². The summed E-state index contributed by atoms with van der Waals surface area (Å²) in [4.78, 5) is 7.73. The molecule has 0 amide bonds. The molecule has 2 nitrogen and oxygen atoms in total. The van der Waals surface area contributed by atoms with Crippen LogP contribution in [-0.4, -0.2) is 9.55 Å². The highest BCUT2D eigenvalue weighted by Crippen LogP contribution is 2.62. The quantitative estimate of drug-likeness (QED) is 0.197. The Labute approximate surface area is 278 Å². The van der Waals surface area contributed by atoms with Gasteiger partial charge in [-0.15, -0.1) is 0 Å². The highest BCUT2D eigenvalue weighted by atomic mass is 32.2. The maximum absolute atomic E-state index is 5.09. The molecule has 47 heavy (non-hydrogen) atoms. The Morgan fingerprint density at radius 3 is 1.79 bits per heavy atom. The lowest BCUT2D eigenvalue weighted by molar-refractivity contribution is 0.723. The average Bonchev–Trinajstić information content (AvgIpc) is 3.67. The lowest BCUT2D eigenvalue weighted by Gasteiger charge is -2.40. The van der Waals surface area contributed by atoms with E-state index in [0.29, 0.717) is 0 Å². The number of hydrogen-bond acceptors (Lipinski definition) is 2. The van der Waals surface area contributed by atoms with Crippen LogP contribution < -0.4 is 0 Å². The van der Waals surface area contributed by atoms with E-state index in [0.717, 1.165) is 28.1 Å². The summed E-state index contributed by atoms with van der Waals surface area (Å²) in [5.41, 5.74) is 14.4. The van der Waals surface area contributed by atoms with E-state index >= 15 is 0 Å². The average molecular weight is 617 g/mol. The number of benzene rings is 7. The summed E-state index contributed by atoms with van der Waals surface area (Å²) in [6.45, 7) is 0. The van der Waals surface area contributed by atoms with Gasteiger partial charge in [0.15, 0.2) is 0 Å². The maximum Gasteiger partial charge on any atom is 0.145 e. The molecule has 10 rings (SSSR count). The van der Waals surface area contributed by atoms with Crippen molar-refractivity contribution in [1.29, 1.82) is 0 Å². The summed E-state index contributed by atoms with van der Waals surface area (Å²) < 4.78 is 2.26. The standard InChI is InChI=1S/C44H28N2S/c1-2-12-32(13-3-1)46-40-20-10-9-19-39(40)45-43(46)30-24-22-29(23-25-30)31-26-27-42-38(28-31)44(37-18-8-11-21-41(37)47-42)35-16-6-4-14-33(35)34-15-5-7-17-36(34)44/h1-28H. The van der Waals surface area contributed by atoms with Crippen molar-refractivity contribution in [2.45, 2.75) is 15.2 Å². The van der Waals surface area contributed by atoms with Crippen molar-refractivity contribution in [2.75, 3.05) is 0 Å². The topological polar surface area (TPSA) is 17.8 Å². The van der Waals surface area contributed by atoms with Crippen molar-refractivity contribution in [3.05, 3.63) is 192 Å². The summed E-state index contributed by atoms with van der Waals surface area (Å²) in [7, 11) is 0. The fraction of sp³-hybridized carbons (Fsp3) is 0.0227. The first kappa shape index (κ1) is 26.6. The van der Waals surface area contributed by atoms with Crippen LogP contribution in [0, 0.1) is 0 Å². The smallest absolute Gasteiger partial charge is 0.145 e. The number of rotatable bonds is 3. The molecule has 7 aromatic carbocycles. The van der Waals surface area contributed by atoms with E-state index in [9.17, 15) is 0 Å². The number of fused-ring (bicyclic) bond motifs is 10. The second-order valence-electron chi connectivity index (χ2n) is 12.3. The maximum atomic E-state index is 5.09. The molecule has 0 saturated heterocycles. The highest BCUT2D eigenvalue weighted by Gasteiger charge is 2.50. The van der Waals surface area contributed by atoms with E-state index in [1.54, 1.807) is 0 Å². The van der Waals surface area contributed by atoms with Crippen molar-refractivity contribution in [3.63, 3.8) is 0 Å². The molecule has 0 bridgehead atoms. The molecule has 8 aromatic rings.